The fourth-order valence-corrected chi connectivity index (χ4v) is 2.84. The summed E-state index contributed by atoms with van der Waals surface area (Å²) in [7, 11) is 0. The van der Waals surface area contributed by atoms with E-state index in [-0.39, 0.29) is 6.04 Å². The number of rotatable bonds is 3. The molecule has 0 saturated heterocycles. The zero-order valence-electron chi connectivity index (χ0n) is 11.7. The Kier molecular flexibility index (Phi) is 3.88. The maximum absolute atomic E-state index is 6.14. The molecule has 0 aliphatic rings. The maximum atomic E-state index is 6.14. The average Bonchev–Trinajstić information content (AvgIpc) is 2.51. The van der Waals surface area contributed by atoms with Gasteiger partial charge >= 0.3 is 0 Å². The van der Waals surface area contributed by atoms with E-state index in [0.29, 0.717) is 5.02 Å². The smallest absolute Gasteiger partial charge is 0.0719 e. The number of hydrogen-bond acceptors (Lipinski definition) is 3. The molecule has 1 heterocycles. The van der Waals surface area contributed by atoms with Crippen molar-refractivity contribution in [2.24, 2.45) is 5.84 Å². The summed E-state index contributed by atoms with van der Waals surface area (Å²) >= 11 is 6.14. The van der Waals surface area contributed by atoms with Crippen molar-refractivity contribution >= 4 is 22.4 Å². The first-order valence-corrected chi connectivity index (χ1v) is 7.13. The molecule has 3 rings (SSSR count). The number of hydrogen-bond donors (Lipinski definition) is 2. The molecule has 0 saturated carbocycles. The van der Waals surface area contributed by atoms with Gasteiger partial charge in [0.05, 0.1) is 6.04 Å². The third-order valence-corrected chi connectivity index (χ3v) is 3.98. The van der Waals surface area contributed by atoms with Gasteiger partial charge in [-0.2, -0.15) is 0 Å². The molecule has 3 aromatic rings. The van der Waals surface area contributed by atoms with Crippen molar-refractivity contribution in [1.82, 2.24) is 10.4 Å². The average molecular weight is 298 g/mol. The summed E-state index contributed by atoms with van der Waals surface area (Å²) in [5.41, 5.74) is 6.21. The zero-order chi connectivity index (χ0) is 14.8. The Balaban J connectivity index is 2.21. The van der Waals surface area contributed by atoms with Crippen LogP contribution >= 0.6 is 11.6 Å². The fraction of sp³-hybridized carbons (Fsp3) is 0.118. The van der Waals surface area contributed by atoms with Gasteiger partial charge in [-0.25, -0.2) is 5.43 Å². The molecule has 3 nitrogen and oxygen atoms in total. The first-order chi connectivity index (χ1) is 10.2. The maximum Gasteiger partial charge on any atom is 0.0719 e. The van der Waals surface area contributed by atoms with Crippen LogP contribution in [-0.2, 0) is 0 Å². The molecule has 1 unspecified atom stereocenters. The van der Waals surface area contributed by atoms with Crippen molar-refractivity contribution in [3.05, 3.63) is 76.6 Å². The number of nitrogens with two attached hydrogens (primary N) is 1. The Labute approximate surface area is 128 Å². The summed E-state index contributed by atoms with van der Waals surface area (Å²) in [6.45, 7) is 2.05. The quantitative estimate of drug-likeness (QED) is 0.572. The molecule has 0 bridgehead atoms. The van der Waals surface area contributed by atoms with E-state index >= 15 is 0 Å². The highest BCUT2D eigenvalue weighted by molar-refractivity contribution is 6.30. The minimum atomic E-state index is -0.128. The topological polar surface area (TPSA) is 50.9 Å². The van der Waals surface area contributed by atoms with Gasteiger partial charge in [0, 0.05) is 22.8 Å². The predicted molar refractivity (Wildman–Crippen MR) is 87.1 cm³/mol. The highest BCUT2D eigenvalue weighted by Gasteiger charge is 2.17. The molecule has 0 amide bonds. The Morgan fingerprint density at radius 2 is 2.00 bits per heavy atom. The summed E-state index contributed by atoms with van der Waals surface area (Å²) in [5, 5.41) is 2.93. The van der Waals surface area contributed by atoms with Crippen LogP contribution in [0.3, 0.4) is 0 Å². The number of nitrogens with one attached hydrogen (secondary N) is 1. The number of benzene rings is 2. The van der Waals surface area contributed by atoms with Gasteiger partial charge in [-0.1, -0.05) is 35.9 Å². The summed E-state index contributed by atoms with van der Waals surface area (Å²) in [5.74, 6) is 5.83. The number of fused-ring (bicyclic) bond motifs is 1. The molecule has 0 radical (unpaired) electrons. The number of aromatic nitrogens is 1. The first kappa shape index (κ1) is 14.0. The summed E-state index contributed by atoms with van der Waals surface area (Å²) in [6, 6.07) is 13.9. The monoisotopic (exact) mass is 297 g/mol. The normalized spacial score (nSPS) is 12.5. The highest BCUT2D eigenvalue weighted by atomic mass is 35.5. The number of halogens is 1. The first-order valence-electron chi connectivity index (χ1n) is 6.75. The number of pyridine rings is 1. The van der Waals surface area contributed by atoms with Crippen LogP contribution in [0.2, 0.25) is 5.02 Å². The number of aryl methyl sites for hydroxylation is 1. The Hall–Kier alpha value is -1.94. The van der Waals surface area contributed by atoms with Crippen molar-refractivity contribution < 1.29 is 0 Å². The van der Waals surface area contributed by atoms with Gasteiger partial charge in [-0.15, -0.1) is 0 Å². The van der Waals surface area contributed by atoms with Gasteiger partial charge in [0.25, 0.3) is 0 Å². The molecule has 0 aliphatic carbocycles. The van der Waals surface area contributed by atoms with E-state index in [4.69, 9.17) is 17.4 Å². The molecule has 0 aliphatic heterocycles. The lowest BCUT2D eigenvalue weighted by molar-refractivity contribution is 0.637. The van der Waals surface area contributed by atoms with Crippen molar-refractivity contribution in [2.45, 2.75) is 13.0 Å². The molecule has 106 valence electrons. The second kappa shape index (κ2) is 5.82. The fourth-order valence-electron chi connectivity index (χ4n) is 2.66. The van der Waals surface area contributed by atoms with Gasteiger partial charge < -0.3 is 0 Å². The van der Waals surface area contributed by atoms with E-state index in [2.05, 4.69) is 29.5 Å². The Morgan fingerprint density at radius 3 is 2.81 bits per heavy atom. The van der Waals surface area contributed by atoms with Crippen LogP contribution in [-0.4, -0.2) is 4.98 Å². The predicted octanol–water partition coefficient (Wildman–Crippen LogP) is 3.75. The van der Waals surface area contributed by atoms with Crippen molar-refractivity contribution in [3.8, 4) is 0 Å². The molecule has 4 heteroatoms. The lowest BCUT2D eigenvalue weighted by atomic mass is 9.92. The Bertz CT molecular complexity index is 781. The lowest BCUT2D eigenvalue weighted by Crippen LogP contribution is -2.29. The van der Waals surface area contributed by atoms with Gasteiger partial charge in [0.1, 0.15) is 0 Å². The van der Waals surface area contributed by atoms with E-state index in [1.165, 1.54) is 0 Å². The van der Waals surface area contributed by atoms with Gasteiger partial charge in [-0.3, -0.25) is 10.8 Å². The number of nitrogens with zero attached hydrogens (tertiary/aromatic N) is 1. The SMILES string of the molecule is Cc1ccc(Cl)cc1C(NN)c1cccc2ccncc12. The second-order valence-electron chi connectivity index (χ2n) is 5.04. The minimum Gasteiger partial charge on any atom is -0.271 e. The molecule has 2 aromatic carbocycles. The second-order valence-corrected chi connectivity index (χ2v) is 5.48. The van der Waals surface area contributed by atoms with Crippen LogP contribution in [0.4, 0.5) is 0 Å². The molecule has 0 spiro atoms. The van der Waals surface area contributed by atoms with Gasteiger partial charge in [0.15, 0.2) is 0 Å². The molecular weight excluding hydrogens is 282 g/mol. The third-order valence-electron chi connectivity index (χ3n) is 3.75. The van der Waals surface area contributed by atoms with E-state index in [1.54, 1.807) is 6.20 Å². The largest absolute Gasteiger partial charge is 0.271 e. The highest BCUT2D eigenvalue weighted by Crippen LogP contribution is 2.31. The third kappa shape index (κ3) is 2.63. The van der Waals surface area contributed by atoms with Crippen LogP contribution in [0.1, 0.15) is 22.7 Å². The lowest BCUT2D eigenvalue weighted by Gasteiger charge is -2.21. The summed E-state index contributed by atoms with van der Waals surface area (Å²) in [6.07, 6.45) is 3.66. The molecular formula is C17H16ClN3. The summed E-state index contributed by atoms with van der Waals surface area (Å²) in [4.78, 5) is 4.23. The Morgan fingerprint density at radius 1 is 1.14 bits per heavy atom. The number of hydrazine groups is 1. The van der Waals surface area contributed by atoms with Crippen LogP contribution < -0.4 is 11.3 Å². The summed E-state index contributed by atoms with van der Waals surface area (Å²) < 4.78 is 0. The van der Waals surface area contributed by atoms with Crippen molar-refractivity contribution in [3.63, 3.8) is 0 Å². The minimum absolute atomic E-state index is 0.128. The van der Waals surface area contributed by atoms with Crippen LogP contribution in [0.15, 0.2) is 54.9 Å². The van der Waals surface area contributed by atoms with E-state index in [1.807, 2.05) is 36.5 Å². The zero-order valence-corrected chi connectivity index (χ0v) is 12.4. The molecule has 1 atom stereocenters. The van der Waals surface area contributed by atoms with Crippen LogP contribution in [0.25, 0.3) is 10.8 Å². The van der Waals surface area contributed by atoms with E-state index in [9.17, 15) is 0 Å². The van der Waals surface area contributed by atoms with E-state index in [0.717, 1.165) is 27.5 Å². The van der Waals surface area contributed by atoms with Gasteiger partial charge in [-0.05, 0) is 47.2 Å². The van der Waals surface area contributed by atoms with E-state index < -0.39 is 0 Å². The van der Waals surface area contributed by atoms with Crippen molar-refractivity contribution in [1.29, 1.82) is 0 Å². The standard InChI is InChI=1S/C17H16ClN3/c1-11-5-6-13(18)9-15(11)17(21-19)14-4-2-3-12-7-8-20-10-16(12)14/h2-10,17,21H,19H2,1H3. The van der Waals surface area contributed by atoms with Crippen molar-refractivity contribution in [2.75, 3.05) is 0 Å². The molecule has 21 heavy (non-hydrogen) atoms. The van der Waals surface area contributed by atoms with Crippen LogP contribution in [0.5, 0.6) is 0 Å². The van der Waals surface area contributed by atoms with Gasteiger partial charge in [0.2, 0.25) is 0 Å². The molecule has 3 N–H and O–H groups in total. The molecule has 0 fully saturated rings. The molecule has 1 aromatic heterocycles. The van der Waals surface area contributed by atoms with Crippen LogP contribution in [0, 0.1) is 6.92 Å².